The maximum atomic E-state index is 13.2. The number of ketones is 1. The molecule has 8 heteroatoms. The Morgan fingerprint density at radius 3 is 2.57 bits per heavy atom. The van der Waals surface area contributed by atoms with Crippen LogP contribution in [0.2, 0.25) is 0 Å². The van der Waals surface area contributed by atoms with Gasteiger partial charge in [-0.25, -0.2) is 4.98 Å². The van der Waals surface area contributed by atoms with Crippen LogP contribution in [-0.4, -0.2) is 56.8 Å². The van der Waals surface area contributed by atoms with Gasteiger partial charge in [0.2, 0.25) is 5.91 Å². The van der Waals surface area contributed by atoms with Gasteiger partial charge in [-0.1, -0.05) is 34.1 Å². The number of nitrogens with zero attached hydrogens (tertiary/aromatic N) is 1. The molecule has 0 aromatic carbocycles. The number of aliphatic hydroxyl groups is 2. The molecular formula is C27H42N2O5S. The van der Waals surface area contributed by atoms with E-state index in [9.17, 15) is 19.8 Å². The maximum absolute atomic E-state index is 13.2. The molecule has 0 bridgehead atoms. The first kappa shape index (κ1) is 28.0. The third-order valence-corrected chi connectivity index (χ3v) is 8.86. The van der Waals surface area contributed by atoms with Gasteiger partial charge in [-0.15, -0.1) is 11.3 Å². The molecule has 196 valence electrons. The highest BCUT2D eigenvalue weighted by molar-refractivity contribution is 7.09. The Balaban J connectivity index is 1.85. The third-order valence-electron chi connectivity index (χ3n) is 8.07. The van der Waals surface area contributed by atoms with E-state index in [4.69, 9.17) is 4.74 Å². The number of thiazole rings is 1. The summed E-state index contributed by atoms with van der Waals surface area (Å²) in [5.74, 6) is -1.24. The summed E-state index contributed by atoms with van der Waals surface area (Å²) in [5.41, 5.74) is 0.410. The van der Waals surface area contributed by atoms with Crippen LogP contribution < -0.4 is 5.32 Å². The van der Waals surface area contributed by atoms with E-state index >= 15 is 0 Å². The number of amides is 1. The van der Waals surface area contributed by atoms with E-state index in [1.54, 1.807) is 32.1 Å². The molecule has 1 amide bonds. The zero-order valence-corrected chi connectivity index (χ0v) is 22.9. The summed E-state index contributed by atoms with van der Waals surface area (Å²) in [6.07, 6.45) is 2.99. The van der Waals surface area contributed by atoms with Crippen molar-refractivity contribution in [2.75, 3.05) is 0 Å². The van der Waals surface area contributed by atoms with Crippen molar-refractivity contribution in [3.63, 3.8) is 0 Å². The van der Waals surface area contributed by atoms with Gasteiger partial charge in [-0.3, -0.25) is 9.59 Å². The van der Waals surface area contributed by atoms with Crippen molar-refractivity contribution in [3.8, 4) is 0 Å². The van der Waals surface area contributed by atoms with Gasteiger partial charge in [0.15, 0.2) is 0 Å². The molecule has 2 saturated heterocycles. The molecular weight excluding hydrogens is 464 g/mol. The number of hydrogen-bond acceptors (Lipinski definition) is 7. The molecule has 0 unspecified atom stereocenters. The molecule has 3 rings (SSSR count). The smallest absolute Gasteiger partial charge is 0.223 e. The predicted octanol–water partition coefficient (Wildman–Crippen LogP) is 4.05. The Morgan fingerprint density at radius 1 is 1.26 bits per heavy atom. The van der Waals surface area contributed by atoms with Crippen LogP contribution in [0.4, 0.5) is 0 Å². The molecule has 7 nitrogen and oxygen atoms in total. The number of hydrogen-bond donors (Lipinski definition) is 3. The highest BCUT2D eigenvalue weighted by Crippen LogP contribution is 2.44. The highest BCUT2D eigenvalue weighted by atomic mass is 32.1. The lowest BCUT2D eigenvalue weighted by Gasteiger charge is -2.34. The SMILES string of the molecule is C/C(=C\c1csc(C)n1)[C@@H]1C[C@H]2O[C@]2(C)CCC[C@H](C)[C@H](O)[C@@H](C)C(=O)C(C)(C)[C@@H](O)CC(=O)N1. The van der Waals surface area contributed by atoms with Crippen LogP contribution in [0.25, 0.3) is 6.08 Å². The number of epoxide rings is 1. The summed E-state index contributed by atoms with van der Waals surface area (Å²) in [7, 11) is 0. The number of carbonyl (C=O) groups excluding carboxylic acids is 2. The number of fused-ring (bicyclic) bond motifs is 1. The van der Waals surface area contributed by atoms with E-state index in [2.05, 4.69) is 17.2 Å². The summed E-state index contributed by atoms with van der Waals surface area (Å²) in [5, 5.41) is 27.8. The zero-order valence-electron chi connectivity index (χ0n) is 22.1. The quantitative estimate of drug-likeness (QED) is 0.522. The van der Waals surface area contributed by atoms with Gasteiger partial charge in [0.1, 0.15) is 5.78 Å². The first-order valence-corrected chi connectivity index (χ1v) is 13.6. The van der Waals surface area contributed by atoms with Gasteiger partial charge in [0.05, 0.1) is 52.5 Å². The minimum atomic E-state index is -1.17. The van der Waals surface area contributed by atoms with E-state index in [0.29, 0.717) is 6.42 Å². The average Bonchev–Trinajstić information content (AvgIpc) is 3.22. The van der Waals surface area contributed by atoms with Gasteiger partial charge < -0.3 is 20.3 Å². The average molecular weight is 507 g/mol. The molecule has 2 aliphatic heterocycles. The van der Waals surface area contributed by atoms with Crippen molar-refractivity contribution in [1.82, 2.24) is 10.3 Å². The van der Waals surface area contributed by atoms with Crippen molar-refractivity contribution in [3.05, 3.63) is 21.7 Å². The largest absolute Gasteiger partial charge is 0.392 e. The van der Waals surface area contributed by atoms with Crippen molar-refractivity contribution in [2.45, 2.75) is 111 Å². The normalized spacial score (nSPS) is 37.5. The van der Waals surface area contributed by atoms with Crippen LogP contribution in [-0.2, 0) is 14.3 Å². The van der Waals surface area contributed by atoms with Crippen LogP contribution in [0, 0.1) is 24.2 Å². The van der Waals surface area contributed by atoms with Crippen molar-refractivity contribution in [1.29, 1.82) is 0 Å². The molecule has 0 aliphatic carbocycles. The van der Waals surface area contributed by atoms with E-state index < -0.39 is 23.5 Å². The second kappa shape index (κ2) is 10.8. The summed E-state index contributed by atoms with van der Waals surface area (Å²) in [6, 6.07) is -0.269. The molecule has 7 atom stereocenters. The molecule has 1 aromatic heterocycles. The lowest BCUT2D eigenvalue weighted by atomic mass is 9.72. The Morgan fingerprint density at radius 2 is 1.94 bits per heavy atom. The van der Waals surface area contributed by atoms with E-state index in [-0.39, 0.29) is 41.8 Å². The van der Waals surface area contributed by atoms with Crippen LogP contribution in [0.3, 0.4) is 0 Å². The van der Waals surface area contributed by atoms with E-state index in [1.807, 2.05) is 32.2 Å². The van der Waals surface area contributed by atoms with Crippen molar-refractivity contribution >= 4 is 29.1 Å². The number of aliphatic hydroxyl groups excluding tert-OH is 2. The van der Waals surface area contributed by atoms with E-state index in [1.165, 1.54) is 0 Å². The van der Waals surface area contributed by atoms with Gasteiger partial charge in [0.25, 0.3) is 0 Å². The number of rotatable bonds is 2. The zero-order chi connectivity index (χ0) is 26.1. The molecule has 2 aliphatic rings. The molecule has 0 saturated carbocycles. The summed E-state index contributed by atoms with van der Waals surface area (Å²) < 4.78 is 6.10. The number of aryl methyl sites for hydroxylation is 1. The molecule has 3 N–H and O–H groups in total. The maximum Gasteiger partial charge on any atom is 0.223 e. The molecule has 3 heterocycles. The Bertz CT molecular complexity index is 957. The van der Waals surface area contributed by atoms with Crippen LogP contribution >= 0.6 is 11.3 Å². The monoisotopic (exact) mass is 506 g/mol. The number of carbonyl (C=O) groups is 2. The van der Waals surface area contributed by atoms with Gasteiger partial charge >= 0.3 is 0 Å². The molecule has 0 spiro atoms. The first-order chi connectivity index (χ1) is 16.2. The standard InChI is InChI=1S/C27H42N2O5S/c1-15-9-8-10-27(7)22(34-27)12-20(16(2)11-19-14-35-18(4)28-19)29-23(31)13-21(30)26(5,6)25(33)17(3)24(15)32/h11,14-15,17,20-22,24,30,32H,8-10,12-13H2,1-7H3,(H,29,31)/b16-11+/t15-,17+,20-,21-,22+,24-,27+/m0/s1. The fraction of sp³-hybridized carbons (Fsp3) is 0.741. The summed E-state index contributed by atoms with van der Waals surface area (Å²) >= 11 is 1.58. The summed E-state index contributed by atoms with van der Waals surface area (Å²) in [6.45, 7) is 13.0. The Hall–Kier alpha value is -1.61. The minimum absolute atomic E-state index is 0.0170. The number of nitrogens with one attached hydrogen (secondary N) is 1. The molecule has 35 heavy (non-hydrogen) atoms. The minimum Gasteiger partial charge on any atom is -0.392 e. The fourth-order valence-electron chi connectivity index (χ4n) is 5.19. The third kappa shape index (κ3) is 6.59. The number of aromatic nitrogens is 1. The predicted molar refractivity (Wildman–Crippen MR) is 138 cm³/mol. The fourth-order valence-corrected chi connectivity index (χ4v) is 5.76. The molecule has 1 aromatic rings. The van der Waals surface area contributed by atoms with E-state index in [0.717, 1.165) is 35.5 Å². The van der Waals surface area contributed by atoms with Gasteiger partial charge in [-0.05, 0) is 51.2 Å². The van der Waals surface area contributed by atoms with Crippen LogP contribution in [0.5, 0.6) is 0 Å². The topological polar surface area (TPSA) is 112 Å². The van der Waals surface area contributed by atoms with Crippen LogP contribution in [0.1, 0.15) is 84.3 Å². The second-order valence-electron chi connectivity index (χ2n) is 11.4. The Labute approximate surface area is 213 Å². The number of ether oxygens (including phenoxy) is 1. The number of Topliss-reactive ketones (excluding diaryl/α,β-unsaturated/α-hetero) is 1. The van der Waals surface area contributed by atoms with Crippen molar-refractivity contribution < 1.29 is 24.5 Å². The Kier molecular flexibility index (Phi) is 8.62. The summed E-state index contributed by atoms with van der Waals surface area (Å²) in [4.78, 5) is 30.8. The second-order valence-corrected chi connectivity index (χ2v) is 12.5. The van der Waals surface area contributed by atoms with Gasteiger partial charge in [-0.2, -0.15) is 0 Å². The molecule has 0 radical (unpaired) electrons. The molecule has 2 fully saturated rings. The van der Waals surface area contributed by atoms with Crippen LogP contribution in [0.15, 0.2) is 11.0 Å². The van der Waals surface area contributed by atoms with Crippen molar-refractivity contribution in [2.24, 2.45) is 17.3 Å². The lowest BCUT2D eigenvalue weighted by Crippen LogP contribution is -2.47. The van der Waals surface area contributed by atoms with Gasteiger partial charge in [0, 0.05) is 17.7 Å². The first-order valence-electron chi connectivity index (χ1n) is 12.7. The lowest BCUT2D eigenvalue weighted by molar-refractivity contribution is -0.143. The highest BCUT2D eigenvalue weighted by Gasteiger charge is 2.52.